The molecule has 5 heteroatoms. The summed E-state index contributed by atoms with van der Waals surface area (Å²) in [6.45, 7) is 8.20. The van der Waals surface area contributed by atoms with Crippen LogP contribution in [0.4, 0.5) is 0 Å². The molecule has 3 unspecified atom stereocenters. The Bertz CT molecular complexity index is 451. The van der Waals surface area contributed by atoms with Gasteiger partial charge in [0, 0.05) is 24.4 Å². The van der Waals surface area contributed by atoms with Crippen molar-refractivity contribution in [3.63, 3.8) is 0 Å². The molecule has 118 valence electrons. The molecule has 0 aliphatic carbocycles. The number of aliphatic hydroxyl groups is 1. The van der Waals surface area contributed by atoms with Crippen LogP contribution >= 0.6 is 0 Å². The Morgan fingerprint density at radius 2 is 2.10 bits per heavy atom. The first-order chi connectivity index (χ1) is 9.97. The van der Waals surface area contributed by atoms with Crippen LogP contribution in [0.5, 0.6) is 5.88 Å². The fourth-order valence-corrected chi connectivity index (χ4v) is 1.68. The van der Waals surface area contributed by atoms with Crippen LogP contribution in [0.3, 0.4) is 0 Å². The number of carbonyl (C=O) groups is 1. The third kappa shape index (κ3) is 5.71. The summed E-state index contributed by atoms with van der Waals surface area (Å²) in [6.07, 6.45) is 2.83. The van der Waals surface area contributed by atoms with Crippen LogP contribution in [0.2, 0.25) is 0 Å². The van der Waals surface area contributed by atoms with Crippen molar-refractivity contribution < 1.29 is 14.6 Å². The SMILES string of the molecule is CCC(C)Oc1cc(C(=O)NCC(O)C(C)CC)ccn1. The number of aromatic nitrogens is 1. The summed E-state index contributed by atoms with van der Waals surface area (Å²) in [5.74, 6) is 0.375. The van der Waals surface area contributed by atoms with Crippen molar-refractivity contribution in [1.82, 2.24) is 10.3 Å². The Morgan fingerprint density at radius 3 is 2.71 bits per heavy atom. The van der Waals surface area contributed by atoms with Crippen LogP contribution in [-0.4, -0.2) is 34.8 Å². The summed E-state index contributed by atoms with van der Waals surface area (Å²) < 4.78 is 5.60. The number of hydrogen-bond acceptors (Lipinski definition) is 4. The quantitative estimate of drug-likeness (QED) is 0.772. The van der Waals surface area contributed by atoms with Crippen LogP contribution in [0, 0.1) is 5.92 Å². The molecule has 1 heterocycles. The maximum Gasteiger partial charge on any atom is 0.251 e. The van der Waals surface area contributed by atoms with Crippen molar-refractivity contribution in [2.75, 3.05) is 6.54 Å². The first kappa shape index (κ1) is 17.4. The van der Waals surface area contributed by atoms with Gasteiger partial charge in [0.05, 0.1) is 12.2 Å². The lowest BCUT2D eigenvalue weighted by atomic mass is 10.0. The van der Waals surface area contributed by atoms with Crippen LogP contribution in [-0.2, 0) is 0 Å². The minimum atomic E-state index is -0.531. The van der Waals surface area contributed by atoms with E-state index in [1.54, 1.807) is 18.3 Å². The topological polar surface area (TPSA) is 71.5 Å². The molecule has 1 rings (SSSR count). The number of nitrogens with zero attached hydrogens (tertiary/aromatic N) is 1. The third-order valence-corrected chi connectivity index (χ3v) is 3.67. The predicted octanol–water partition coefficient (Wildman–Crippen LogP) is 2.40. The molecule has 21 heavy (non-hydrogen) atoms. The van der Waals surface area contributed by atoms with E-state index >= 15 is 0 Å². The molecule has 5 nitrogen and oxygen atoms in total. The van der Waals surface area contributed by atoms with E-state index in [-0.39, 0.29) is 24.5 Å². The van der Waals surface area contributed by atoms with E-state index in [2.05, 4.69) is 10.3 Å². The zero-order valence-electron chi connectivity index (χ0n) is 13.3. The van der Waals surface area contributed by atoms with Gasteiger partial charge in [0.2, 0.25) is 5.88 Å². The Hall–Kier alpha value is -1.62. The normalized spacial score (nSPS) is 15.1. The summed E-state index contributed by atoms with van der Waals surface area (Å²) in [5, 5.41) is 12.6. The molecule has 0 aliphatic rings. The summed E-state index contributed by atoms with van der Waals surface area (Å²) in [4.78, 5) is 16.2. The van der Waals surface area contributed by atoms with Crippen molar-refractivity contribution in [1.29, 1.82) is 0 Å². The molecule has 0 saturated carbocycles. The van der Waals surface area contributed by atoms with Crippen molar-refractivity contribution in [2.45, 2.75) is 52.7 Å². The molecule has 2 N–H and O–H groups in total. The van der Waals surface area contributed by atoms with Gasteiger partial charge in [-0.15, -0.1) is 0 Å². The molecule has 1 amide bonds. The number of aliphatic hydroxyl groups excluding tert-OH is 1. The molecule has 0 aromatic carbocycles. The first-order valence-corrected chi connectivity index (χ1v) is 7.56. The fourth-order valence-electron chi connectivity index (χ4n) is 1.68. The van der Waals surface area contributed by atoms with E-state index in [0.29, 0.717) is 11.4 Å². The summed E-state index contributed by atoms with van der Waals surface area (Å²) in [5.41, 5.74) is 0.486. The molecular formula is C16H26N2O3. The number of rotatable bonds is 8. The zero-order chi connectivity index (χ0) is 15.8. The molecule has 0 saturated heterocycles. The van der Waals surface area contributed by atoms with Crippen LogP contribution in [0.1, 0.15) is 50.9 Å². The van der Waals surface area contributed by atoms with Gasteiger partial charge < -0.3 is 15.2 Å². The molecule has 0 fully saturated rings. The number of amides is 1. The minimum Gasteiger partial charge on any atom is -0.475 e. The smallest absolute Gasteiger partial charge is 0.251 e. The van der Waals surface area contributed by atoms with Crippen molar-refractivity contribution in [3.05, 3.63) is 23.9 Å². The first-order valence-electron chi connectivity index (χ1n) is 7.56. The molecule has 1 aromatic rings. The molecule has 0 aliphatic heterocycles. The standard InChI is InChI=1S/C16H26N2O3/c1-5-11(3)14(19)10-18-16(20)13-7-8-17-15(9-13)21-12(4)6-2/h7-9,11-12,14,19H,5-6,10H2,1-4H3,(H,18,20). The second kappa shape index (κ2) is 8.62. The number of nitrogens with one attached hydrogen (secondary N) is 1. The Labute approximate surface area is 126 Å². The lowest BCUT2D eigenvalue weighted by Crippen LogP contribution is -2.35. The van der Waals surface area contributed by atoms with Gasteiger partial charge in [-0.3, -0.25) is 4.79 Å². The molecule has 1 aromatic heterocycles. The van der Waals surface area contributed by atoms with Gasteiger partial charge in [0.25, 0.3) is 5.91 Å². The van der Waals surface area contributed by atoms with E-state index in [0.717, 1.165) is 12.8 Å². The molecule has 3 atom stereocenters. The maximum absolute atomic E-state index is 12.1. The van der Waals surface area contributed by atoms with Gasteiger partial charge in [-0.25, -0.2) is 4.98 Å². The summed E-state index contributed by atoms with van der Waals surface area (Å²) >= 11 is 0. The molecule has 0 bridgehead atoms. The highest BCUT2D eigenvalue weighted by molar-refractivity contribution is 5.94. The molecular weight excluding hydrogens is 268 g/mol. The lowest BCUT2D eigenvalue weighted by molar-refractivity contribution is 0.0849. The van der Waals surface area contributed by atoms with Crippen molar-refractivity contribution in [3.8, 4) is 5.88 Å². The van der Waals surface area contributed by atoms with Gasteiger partial charge in [-0.1, -0.05) is 27.2 Å². The second-order valence-corrected chi connectivity index (χ2v) is 5.38. The van der Waals surface area contributed by atoms with E-state index in [9.17, 15) is 9.90 Å². The van der Waals surface area contributed by atoms with E-state index in [1.807, 2.05) is 27.7 Å². The monoisotopic (exact) mass is 294 g/mol. The van der Waals surface area contributed by atoms with E-state index in [4.69, 9.17) is 4.74 Å². The highest BCUT2D eigenvalue weighted by atomic mass is 16.5. The second-order valence-electron chi connectivity index (χ2n) is 5.38. The molecule has 0 radical (unpaired) electrons. The fraction of sp³-hybridized carbons (Fsp3) is 0.625. The van der Waals surface area contributed by atoms with Crippen LogP contribution in [0.25, 0.3) is 0 Å². The zero-order valence-corrected chi connectivity index (χ0v) is 13.3. The van der Waals surface area contributed by atoms with Gasteiger partial charge in [0.1, 0.15) is 0 Å². The van der Waals surface area contributed by atoms with E-state index < -0.39 is 6.10 Å². The average molecular weight is 294 g/mol. The Kier molecular flexibility index (Phi) is 7.15. The van der Waals surface area contributed by atoms with Gasteiger partial charge in [0.15, 0.2) is 0 Å². The van der Waals surface area contributed by atoms with Gasteiger partial charge in [-0.2, -0.15) is 0 Å². The minimum absolute atomic E-state index is 0.0584. The van der Waals surface area contributed by atoms with Crippen molar-refractivity contribution in [2.24, 2.45) is 5.92 Å². The number of ether oxygens (including phenoxy) is 1. The highest BCUT2D eigenvalue weighted by Crippen LogP contribution is 2.12. The average Bonchev–Trinajstić information content (AvgIpc) is 2.51. The lowest BCUT2D eigenvalue weighted by Gasteiger charge is -2.17. The highest BCUT2D eigenvalue weighted by Gasteiger charge is 2.14. The van der Waals surface area contributed by atoms with Gasteiger partial charge >= 0.3 is 0 Å². The Morgan fingerprint density at radius 1 is 1.38 bits per heavy atom. The van der Waals surface area contributed by atoms with E-state index in [1.165, 1.54) is 0 Å². The van der Waals surface area contributed by atoms with Gasteiger partial charge in [-0.05, 0) is 25.3 Å². The van der Waals surface area contributed by atoms with Crippen LogP contribution in [0.15, 0.2) is 18.3 Å². The number of pyridine rings is 1. The largest absolute Gasteiger partial charge is 0.475 e. The van der Waals surface area contributed by atoms with Crippen LogP contribution < -0.4 is 10.1 Å². The third-order valence-electron chi connectivity index (χ3n) is 3.67. The Balaban J connectivity index is 2.60. The summed E-state index contributed by atoms with van der Waals surface area (Å²) in [6, 6.07) is 3.26. The maximum atomic E-state index is 12.1. The number of hydrogen-bond donors (Lipinski definition) is 2. The summed E-state index contributed by atoms with van der Waals surface area (Å²) in [7, 11) is 0. The predicted molar refractivity (Wildman–Crippen MR) is 82.4 cm³/mol. The number of carbonyl (C=O) groups excluding carboxylic acids is 1. The molecule has 0 spiro atoms. The van der Waals surface area contributed by atoms with Crippen molar-refractivity contribution >= 4 is 5.91 Å².